The molecule has 1 aromatic carbocycles. The van der Waals surface area contributed by atoms with Crippen molar-refractivity contribution in [2.45, 2.75) is 57.3 Å². The van der Waals surface area contributed by atoms with Crippen molar-refractivity contribution in [1.29, 1.82) is 0 Å². The highest BCUT2D eigenvalue weighted by molar-refractivity contribution is 5.83. The second kappa shape index (κ2) is 12.2. The zero-order valence-corrected chi connectivity index (χ0v) is 22.8. The van der Waals surface area contributed by atoms with Crippen LogP contribution < -0.4 is 11.1 Å². The van der Waals surface area contributed by atoms with Crippen LogP contribution in [0.3, 0.4) is 0 Å². The summed E-state index contributed by atoms with van der Waals surface area (Å²) >= 11 is 0. The molecule has 2 saturated heterocycles. The summed E-state index contributed by atoms with van der Waals surface area (Å²) in [6.45, 7) is 3.03. The van der Waals surface area contributed by atoms with Gasteiger partial charge in [-0.1, -0.05) is 0 Å². The number of hydrogen-bond donors (Lipinski definition) is 4. The van der Waals surface area contributed by atoms with Crippen LogP contribution in [0, 0.1) is 16.0 Å². The minimum absolute atomic E-state index is 0.0119. The standard InChI is InChI=1S/C26H32N8O8/c1-2-28-24(37)21-19(35)20(36)25(42-21)33-13-29-18-22(27)30-17(31-23(18)33)11-14-7-9-32(10-8-14)26(38)41-12-15-3-5-16(6-4-15)34(39)40/h3-6,13-14,19-21,25,35-36H,2,7-12H2,1H3,(H,28,37)(H2,27,30,31)/t19?,20?,21-,25+/m0/s1. The number of hydrogen-bond acceptors (Lipinski definition) is 12. The smallest absolute Gasteiger partial charge is 0.410 e. The molecule has 4 atom stereocenters. The number of fused-ring (bicyclic) bond motifs is 1. The first-order valence-corrected chi connectivity index (χ1v) is 13.6. The number of carbonyl (C=O) groups excluding carboxylic acids is 2. The molecule has 16 nitrogen and oxygen atoms in total. The van der Waals surface area contributed by atoms with Crippen LogP contribution in [0.4, 0.5) is 16.3 Å². The molecule has 0 spiro atoms. The number of nitro groups is 1. The Balaban J connectivity index is 1.19. The monoisotopic (exact) mass is 584 g/mol. The van der Waals surface area contributed by atoms with Gasteiger partial charge in [0.2, 0.25) is 0 Å². The number of nitrogens with two attached hydrogens (primary N) is 1. The first-order chi connectivity index (χ1) is 20.2. The molecule has 2 aliphatic heterocycles. The molecular weight excluding hydrogens is 552 g/mol. The lowest BCUT2D eigenvalue weighted by molar-refractivity contribution is -0.384. The average Bonchev–Trinajstić information content (AvgIpc) is 3.53. The predicted octanol–water partition coefficient (Wildman–Crippen LogP) is 0.663. The quantitative estimate of drug-likeness (QED) is 0.212. The maximum Gasteiger partial charge on any atom is 0.410 e. The first kappa shape index (κ1) is 29.1. The SMILES string of the molecule is CCNC(=O)[C@H]1O[C@@H](n2cnc3c(N)nc(CC4CCN(C(=O)OCc5ccc([N+](=O)[O-])cc5)CC4)nc32)C(O)C1O. The third-order valence-corrected chi connectivity index (χ3v) is 7.47. The Morgan fingerprint density at radius 2 is 1.90 bits per heavy atom. The molecule has 2 amide bonds. The van der Waals surface area contributed by atoms with Gasteiger partial charge in [-0.05, 0) is 43.4 Å². The first-order valence-electron chi connectivity index (χ1n) is 13.6. The van der Waals surface area contributed by atoms with Crippen LogP contribution in [0.15, 0.2) is 30.6 Å². The molecular formula is C26H32N8O8. The summed E-state index contributed by atoms with van der Waals surface area (Å²) in [5, 5.41) is 34.4. The van der Waals surface area contributed by atoms with Gasteiger partial charge in [0.1, 0.15) is 30.2 Å². The Hall–Kier alpha value is -4.41. The fraction of sp³-hybridized carbons (Fsp3) is 0.500. The predicted molar refractivity (Wildman–Crippen MR) is 146 cm³/mol. The fourth-order valence-electron chi connectivity index (χ4n) is 5.17. The van der Waals surface area contributed by atoms with Gasteiger partial charge in [0, 0.05) is 38.2 Å². The maximum absolute atomic E-state index is 12.6. The number of benzene rings is 1. The van der Waals surface area contributed by atoms with E-state index < -0.39 is 41.5 Å². The summed E-state index contributed by atoms with van der Waals surface area (Å²) in [5.41, 5.74) is 7.39. The zero-order chi connectivity index (χ0) is 30.0. The molecule has 0 radical (unpaired) electrons. The molecule has 2 fully saturated rings. The largest absolute Gasteiger partial charge is 0.445 e. The van der Waals surface area contributed by atoms with E-state index in [0.29, 0.717) is 61.4 Å². The Kier molecular flexibility index (Phi) is 8.46. The third kappa shape index (κ3) is 5.95. The number of nitro benzene ring substituents is 1. The molecule has 4 heterocycles. The van der Waals surface area contributed by atoms with E-state index in [0.717, 1.165) is 0 Å². The summed E-state index contributed by atoms with van der Waals surface area (Å²) in [7, 11) is 0. The number of aromatic nitrogens is 4. The topological polar surface area (TPSA) is 221 Å². The van der Waals surface area contributed by atoms with Crippen molar-refractivity contribution in [3.63, 3.8) is 0 Å². The molecule has 16 heteroatoms. The average molecular weight is 585 g/mol. The van der Waals surface area contributed by atoms with Gasteiger partial charge in [0.05, 0.1) is 11.3 Å². The number of nitrogens with one attached hydrogen (secondary N) is 1. The minimum Gasteiger partial charge on any atom is -0.445 e. The number of nitrogen functional groups attached to an aromatic ring is 1. The van der Waals surface area contributed by atoms with E-state index in [-0.39, 0.29) is 24.0 Å². The van der Waals surface area contributed by atoms with Gasteiger partial charge in [-0.3, -0.25) is 19.5 Å². The van der Waals surface area contributed by atoms with Crippen LogP contribution in [0.1, 0.15) is 37.4 Å². The molecule has 2 unspecified atom stereocenters. The number of aliphatic hydroxyl groups is 2. The van der Waals surface area contributed by atoms with Crippen LogP contribution >= 0.6 is 0 Å². The van der Waals surface area contributed by atoms with Crippen molar-refractivity contribution in [2.24, 2.45) is 5.92 Å². The van der Waals surface area contributed by atoms with Gasteiger partial charge < -0.3 is 35.6 Å². The number of nitrogens with zero attached hydrogens (tertiary/aromatic N) is 6. The van der Waals surface area contributed by atoms with E-state index >= 15 is 0 Å². The maximum atomic E-state index is 12.6. The highest BCUT2D eigenvalue weighted by atomic mass is 16.6. The fourth-order valence-corrected chi connectivity index (χ4v) is 5.17. The van der Waals surface area contributed by atoms with Gasteiger partial charge >= 0.3 is 6.09 Å². The van der Waals surface area contributed by atoms with Gasteiger partial charge in [0.15, 0.2) is 23.8 Å². The van der Waals surface area contributed by atoms with Gasteiger partial charge in [-0.25, -0.2) is 19.7 Å². The van der Waals surface area contributed by atoms with E-state index in [4.69, 9.17) is 15.2 Å². The van der Waals surface area contributed by atoms with E-state index in [2.05, 4.69) is 20.3 Å². The number of non-ortho nitro benzene ring substituents is 1. The number of rotatable bonds is 8. The van der Waals surface area contributed by atoms with Crippen molar-refractivity contribution in [3.8, 4) is 0 Å². The number of likely N-dealkylation sites (N-methyl/N-ethyl adjacent to an activating group) is 1. The molecule has 0 bridgehead atoms. The zero-order valence-electron chi connectivity index (χ0n) is 22.8. The molecule has 0 saturated carbocycles. The van der Waals surface area contributed by atoms with Crippen molar-refractivity contribution < 1.29 is 34.2 Å². The number of amides is 2. The molecule has 224 valence electrons. The molecule has 3 aromatic rings. The van der Waals surface area contributed by atoms with E-state index in [1.165, 1.54) is 23.0 Å². The van der Waals surface area contributed by atoms with E-state index in [1.807, 2.05) is 0 Å². The summed E-state index contributed by atoms with van der Waals surface area (Å²) in [5.74, 6) is 0.227. The number of anilines is 1. The summed E-state index contributed by atoms with van der Waals surface area (Å²) < 4.78 is 12.5. The lowest BCUT2D eigenvalue weighted by Gasteiger charge is -2.31. The van der Waals surface area contributed by atoms with E-state index in [9.17, 15) is 29.9 Å². The second-order valence-corrected chi connectivity index (χ2v) is 10.3. The highest BCUT2D eigenvalue weighted by Crippen LogP contribution is 2.33. The van der Waals surface area contributed by atoms with Crippen molar-refractivity contribution in [1.82, 2.24) is 29.7 Å². The summed E-state index contributed by atoms with van der Waals surface area (Å²) in [4.78, 5) is 50.0. The van der Waals surface area contributed by atoms with Crippen LogP contribution in [0.5, 0.6) is 0 Å². The number of likely N-dealkylation sites (tertiary alicyclic amines) is 1. The lowest BCUT2D eigenvalue weighted by Crippen LogP contribution is -2.42. The number of ether oxygens (including phenoxy) is 2. The van der Waals surface area contributed by atoms with Crippen LogP contribution in [-0.2, 0) is 27.3 Å². The van der Waals surface area contributed by atoms with Crippen LogP contribution in [0.2, 0.25) is 0 Å². The van der Waals surface area contributed by atoms with Gasteiger partial charge in [-0.2, -0.15) is 0 Å². The van der Waals surface area contributed by atoms with E-state index in [1.54, 1.807) is 24.0 Å². The van der Waals surface area contributed by atoms with Gasteiger partial charge in [0.25, 0.3) is 11.6 Å². The Morgan fingerprint density at radius 1 is 1.19 bits per heavy atom. The van der Waals surface area contributed by atoms with Gasteiger partial charge in [-0.15, -0.1) is 0 Å². The molecule has 0 aliphatic carbocycles. The number of carbonyl (C=O) groups is 2. The Morgan fingerprint density at radius 3 is 2.57 bits per heavy atom. The van der Waals surface area contributed by atoms with Crippen LogP contribution in [-0.4, -0.2) is 89.5 Å². The normalized spacial score (nSPS) is 22.8. The molecule has 5 N–H and O–H groups in total. The highest BCUT2D eigenvalue weighted by Gasteiger charge is 2.47. The van der Waals surface area contributed by atoms with Crippen LogP contribution in [0.25, 0.3) is 11.2 Å². The molecule has 2 aliphatic rings. The Labute approximate surface area is 239 Å². The minimum atomic E-state index is -1.44. The molecule has 42 heavy (non-hydrogen) atoms. The second-order valence-electron chi connectivity index (χ2n) is 10.3. The number of imidazole rings is 1. The van der Waals surface area contributed by atoms with Crippen molar-refractivity contribution in [3.05, 3.63) is 52.1 Å². The summed E-state index contributed by atoms with van der Waals surface area (Å²) in [6, 6.07) is 5.83. The lowest BCUT2D eigenvalue weighted by atomic mass is 9.93. The molecule has 5 rings (SSSR count). The number of piperidine rings is 1. The van der Waals surface area contributed by atoms with Crippen molar-refractivity contribution >= 4 is 34.7 Å². The molecule has 2 aromatic heterocycles. The number of aliphatic hydroxyl groups excluding tert-OH is 2. The third-order valence-electron chi connectivity index (χ3n) is 7.47. The van der Waals surface area contributed by atoms with Crippen molar-refractivity contribution in [2.75, 3.05) is 25.4 Å². The summed E-state index contributed by atoms with van der Waals surface area (Å²) in [6.07, 6.45) is -2.46. The Bertz CT molecular complexity index is 1460.